The molecule has 64 valence electrons. The minimum atomic E-state index is 0.239. The normalized spacial score (nSPS) is 12.1. The largest absolute Gasteiger partial charge is 0.508 e. The Kier molecular flexibility index (Phi) is 2.75. The van der Waals surface area contributed by atoms with Crippen LogP contribution in [0.1, 0.15) is 18.5 Å². The van der Waals surface area contributed by atoms with Gasteiger partial charge in [0.15, 0.2) is 0 Å². The molecule has 0 amide bonds. The summed E-state index contributed by atoms with van der Waals surface area (Å²) >= 11 is 0. The third-order valence-corrected chi connectivity index (χ3v) is 1.76. The van der Waals surface area contributed by atoms with Gasteiger partial charge in [0.25, 0.3) is 0 Å². The van der Waals surface area contributed by atoms with Gasteiger partial charge in [-0.2, -0.15) is 0 Å². The molecule has 2 nitrogen and oxygen atoms in total. The van der Waals surface area contributed by atoms with Crippen LogP contribution in [-0.2, 0) is 0 Å². The lowest BCUT2D eigenvalue weighted by atomic mass is 10.1. The summed E-state index contributed by atoms with van der Waals surface area (Å²) < 4.78 is 0. The molecule has 0 saturated heterocycles. The number of hydrogen-bond donors (Lipinski definition) is 2. The Balaban J connectivity index is 2.74. The Morgan fingerprint density at radius 3 is 2.50 bits per heavy atom. The molecule has 1 aromatic rings. The van der Waals surface area contributed by atoms with Crippen LogP contribution in [0.4, 0.5) is 0 Å². The van der Waals surface area contributed by atoms with Gasteiger partial charge < -0.3 is 10.4 Å². The Bertz CT molecular complexity index is 253. The molecule has 12 heavy (non-hydrogen) atoms. The maximum Gasteiger partial charge on any atom is 0.115 e. The summed E-state index contributed by atoms with van der Waals surface area (Å²) in [6.45, 7) is 5.62. The zero-order valence-corrected chi connectivity index (χ0v) is 7.12. The molecular formula is C10H13NO. The second kappa shape index (κ2) is 3.81. The minimum Gasteiger partial charge on any atom is -0.508 e. The van der Waals surface area contributed by atoms with E-state index in [1.807, 2.05) is 19.1 Å². The summed E-state index contributed by atoms with van der Waals surface area (Å²) in [5.41, 5.74) is 1.13. The van der Waals surface area contributed by atoms with E-state index in [1.54, 1.807) is 18.3 Å². The highest BCUT2D eigenvalue weighted by Gasteiger charge is 2.00. The molecule has 0 radical (unpaired) electrons. The quantitative estimate of drug-likeness (QED) is 0.715. The molecule has 1 unspecified atom stereocenters. The molecule has 0 heterocycles. The molecule has 0 aliphatic carbocycles. The number of nitrogens with one attached hydrogen (secondary N) is 1. The maximum atomic E-state index is 9.03. The highest BCUT2D eigenvalue weighted by molar-refractivity contribution is 5.27. The fourth-order valence-electron chi connectivity index (χ4n) is 1.04. The third kappa shape index (κ3) is 2.02. The highest BCUT2D eigenvalue weighted by atomic mass is 16.3. The molecule has 1 atom stereocenters. The van der Waals surface area contributed by atoms with Gasteiger partial charge in [-0.3, -0.25) is 0 Å². The summed E-state index contributed by atoms with van der Waals surface area (Å²) in [4.78, 5) is 0. The Morgan fingerprint density at radius 1 is 1.42 bits per heavy atom. The first-order chi connectivity index (χ1) is 5.74. The van der Waals surface area contributed by atoms with E-state index in [2.05, 4.69) is 11.9 Å². The van der Waals surface area contributed by atoms with Gasteiger partial charge in [-0.1, -0.05) is 18.7 Å². The van der Waals surface area contributed by atoms with Gasteiger partial charge >= 0.3 is 0 Å². The van der Waals surface area contributed by atoms with Gasteiger partial charge in [0, 0.05) is 6.04 Å². The molecule has 0 aliphatic rings. The fraction of sp³-hybridized carbons (Fsp3) is 0.200. The summed E-state index contributed by atoms with van der Waals surface area (Å²) in [6, 6.07) is 7.36. The molecule has 0 bridgehead atoms. The zero-order valence-electron chi connectivity index (χ0n) is 7.12. The molecule has 1 rings (SSSR count). The fourth-order valence-corrected chi connectivity index (χ4v) is 1.04. The monoisotopic (exact) mass is 163 g/mol. The van der Waals surface area contributed by atoms with E-state index >= 15 is 0 Å². The van der Waals surface area contributed by atoms with Crippen LogP contribution < -0.4 is 5.32 Å². The molecule has 0 aliphatic heterocycles. The van der Waals surface area contributed by atoms with Crippen LogP contribution in [0.5, 0.6) is 5.75 Å². The SMILES string of the molecule is C=CNC(C)c1ccc(O)cc1. The van der Waals surface area contributed by atoms with Crippen LogP contribution in [-0.4, -0.2) is 5.11 Å². The Labute approximate surface area is 72.5 Å². The highest BCUT2D eigenvalue weighted by Crippen LogP contribution is 2.15. The van der Waals surface area contributed by atoms with Crippen molar-refractivity contribution in [1.29, 1.82) is 0 Å². The molecule has 2 N–H and O–H groups in total. The summed E-state index contributed by atoms with van der Waals surface area (Å²) in [6.07, 6.45) is 1.66. The Hall–Kier alpha value is -1.44. The molecule has 2 heteroatoms. The van der Waals surface area contributed by atoms with Crippen molar-refractivity contribution in [2.45, 2.75) is 13.0 Å². The summed E-state index contributed by atoms with van der Waals surface area (Å²) in [5.74, 6) is 0.296. The minimum absolute atomic E-state index is 0.239. The number of phenolic OH excluding ortho intramolecular Hbond substituents is 1. The van der Waals surface area contributed by atoms with E-state index in [0.717, 1.165) is 5.56 Å². The van der Waals surface area contributed by atoms with E-state index in [1.165, 1.54) is 0 Å². The molecular weight excluding hydrogens is 150 g/mol. The second-order valence-electron chi connectivity index (χ2n) is 2.68. The first-order valence-electron chi connectivity index (χ1n) is 3.90. The van der Waals surface area contributed by atoms with Gasteiger partial charge in [0.05, 0.1) is 0 Å². The van der Waals surface area contributed by atoms with Gasteiger partial charge in [0.1, 0.15) is 5.75 Å². The first kappa shape index (κ1) is 8.65. The lowest BCUT2D eigenvalue weighted by Crippen LogP contribution is -2.10. The maximum absolute atomic E-state index is 9.03. The molecule has 0 aromatic heterocycles. The van der Waals surface area contributed by atoms with Gasteiger partial charge in [-0.15, -0.1) is 0 Å². The lowest BCUT2D eigenvalue weighted by molar-refractivity contribution is 0.474. The van der Waals surface area contributed by atoms with Crippen molar-refractivity contribution in [3.63, 3.8) is 0 Å². The topological polar surface area (TPSA) is 32.3 Å². The van der Waals surface area contributed by atoms with Crippen molar-refractivity contribution >= 4 is 0 Å². The zero-order chi connectivity index (χ0) is 8.97. The van der Waals surface area contributed by atoms with Crippen LogP contribution >= 0.6 is 0 Å². The number of rotatable bonds is 3. The van der Waals surface area contributed by atoms with Crippen LogP contribution in [0.3, 0.4) is 0 Å². The standard InChI is InChI=1S/C10H13NO/c1-3-11-8(2)9-4-6-10(12)7-5-9/h3-8,11-12H,1H2,2H3. The van der Waals surface area contributed by atoms with Crippen molar-refractivity contribution < 1.29 is 5.11 Å². The van der Waals surface area contributed by atoms with Crippen molar-refractivity contribution in [2.24, 2.45) is 0 Å². The number of hydrogen-bond acceptors (Lipinski definition) is 2. The van der Waals surface area contributed by atoms with E-state index in [-0.39, 0.29) is 6.04 Å². The summed E-state index contributed by atoms with van der Waals surface area (Å²) in [5, 5.41) is 12.1. The van der Waals surface area contributed by atoms with Crippen molar-refractivity contribution in [3.8, 4) is 5.75 Å². The van der Waals surface area contributed by atoms with E-state index in [0.29, 0.717) is 5.75 Å². The molecule has 0 spiro atoms. The summed E-state index contributed by atoms with van der Waals surface area (Å²) in [7, 11) is 0. The third-order valence-electron chi connectivity index (χ3n) is 1.76. The lowest BCUT2D eigenvalue weighted by Gasteiger charge is -2.11. The predicted octanol–water partition coefficient (Wildman–Crippen LogP) is 2.19. The van der Waals surface area contributed by atoms with E-state index in [4.69, 9.17) is 5.11 Å². The smallest absolute Gasteiger partial charge is 0.115 e. The van der Waals surface area contributed by atoms with E-state index < -0.39 is 0 Å². The predicted molar refractivity (Wildman–Crippen MR) is 49.9 cm³/mol. The first-order valence-corrected chi connectivity index (χ1v) is 3.90. The second-order valence-corrected chi connectivity index (χ2v) is 2.68. The van der Waals surface area contributed by atoms with Gasteiger partial charge in [-0.25, -0.2) is 0 Å². The Morgan fingerprint density at radius 2 is 2.00 bits per heavy atom. The number of phenols is 1. The molecule has 0 saturated carbocycles. The van der Waals surface area contributed by atoms with Crippen LogP contribution in [0, 0.1) is 0 Å². The van der Waals surface area contributed by atoms with E-state index in [9.17, 15) is 0 Å². The van der Waals surface area contributed by atoms with Crippen molar-refractivity contribution in [1.82, 2.24) is 5.32 Å². The molecule has 1 aromatic carbocycles. The van der Waals surface area contributed by atoms with Crippen LogP contribution in [0.15, 0.2) is 37.0 Å². The average Bonchev–Trinajstić information content (AvgIpc) is 2.06. The van der Waals surface area contributed by atoms with Crippen molar-refractivity contribution in [2.75, 3.05) is 0 Å². The molecule has 0 fully saturated rings. The van der Waals surface area contributed by atoms with Crippen LogP contribution in [0.25, 0.3) is 0 Å². The number of aromatic hydroxyl groups is 1. The van der Waals surface area contributed by atoms with Gasteiger partial charge in [0.2, 0.25) is 0 Å². The van der Waals surface area contributed by atoms with Gasteiger partial charge in [-0.05, 0) is 30.8 Å². The van der Waals surface area contributed by atoms with Crippen LogP contribution in [0.2, 0.25) is 0 Å². The number of benzene rings is 1. The van der Waals surface area contributed by atoms with Crippen molar-refractivity contribution in [3.05, 3.63) is 42.6 Å². The average molecular weight is 163 g/mol.